The number of carboxylic acids is 1. The van der Waals surface area contributed by atoms with E-state index >= 15 is 0 Å². The highest BCUT2D eigenvalue weighted by molar-refractivity contribution is 5.72. The standard InChI is InChI=1S/C20H23F3O5/c1-13(2)19(26)28-17(20(21,22)23)10-9-16(11-14(3)18(24)25)27-12-15-7-5-4-6-8-15/h4-8,13-14,16-17H,11-12H2,1-3H3,(H,24,25). The van der Waals surface area contributed by atoms with Gasteiger partial charge in [0.2, 0.25) is 0 Å². The van der Waals surface area contributed by atoms with Gasteiger partial charge < -0.3 is 14.6 Å². The summed E-state index contributed by atoms with van der Waals surface area (Å²) < 4.78 is 49.3. The molecule has 0 saturated carbocycles. The average Bonchev–Trinajstić information content (AvgIpc) is 2.61. The van der Waals surface area contributed by atoms with Crippen molar-refractivity contribution < 1.29 is 37.3 Å². The van der Waals surface area contributed by atoms with Crippen LogP contribution in [0.15, 0.2) is 30.3 Å². The first-order valence-corrected chi connectivity index (χ1v) is 8.67. The van der Waals surface area contributed by atoms with Crippen LogP contribution in [0, 0.1) is 23.7 Å². The van der Waals surface area contributed by atoms with Gasteiger partial charge in [0.05, 0.1) is 18.4 Å². The first-order valence-electron chi connectivity index (χ1n) is 8.67. The molecular weight excluding hydrogens is 377 g/mol. The molecule has 0 aliphatic heterocycles. The minimum absolute atomic E-state index is 0.0506. The van der Waals surface area contributed by atoms with Gasteiger partial charge in [-0.25, -0.2) is 0 Å². The maximum Gasteiger partial charge on any atom is 0.437 e. The van der Waals surface area contributed by atoms with Crippen LogP contribution in [0.1, 0.15) is 32.8 Å². The second-order valence-electron chi connectivity index (χ2n) is 6.56. The lowest BCUT2D eigenvalue weighted by Crippen LogP contribution is -2.34. The summed E-state index contributed by atoms with van der Waals surface area (Å²) >= 11 is 0. The number of alkyl halides is 3. The van der Waals surface area contributed by atoms with E-state index in [0.29, 0.717) is 0 Å². The Bertz CT molecular complexity index is 704. The highest BCUT2D eigenvalue weighted by Gasteiger charge is 2.42. The van der Waals surface area contributed by atoms with Crippen molar-refractivity contribution in [1.29, 1.82) is 0 Å². The van der Waals surface area contributed by atoms with Gasteiger partial charge in [-0.3, -0.25) is 9.59 Å². The zero-order chi connectivity index (χ0) is 21.3. The monoisotopic (exact) mass is 400 g/mol. The molecule has 154 valence electrons. The van der Waals surface area contributed by atoms with E-state index in [1.807, 2.05) is 5.92 Å². The molecule has 1 N–H and O–H groups in total. The Morgan fingerprint density at radius 1 is 1.11 bits per heavy atom. The van der Waals surface area contributed by atoms with E-state index < -0.39 is 42.2 Å². The Balaban J connectivity index is 2.97. The lowest BCUT2D eigenvalue weighted by molar-refractivity contribution is -0.207. The molecule has 0 radical (unpaired) electrons. The van der Waals surface area contributed by atoms with E-state index in [1.54, 1.807) is 30.3 Å². The summed E-state index contributed by atoms with van der Waals surface area (Å²) in [5.41, 5.74) is 0.760. The van der Waals surface area contributed by atoms with Crippen LogP contribution in [0.5, 0.6) is 0 Å². The van der Waals surface area contributed by atoms with Crippen molar-refractivity contribution in [2.24, 2.45) is 11.8 Å². The molecule has 0 heterocycles. The molecule has 0 fully saturated rings. The largest absolute Gasteiger partial charge is 0.481 e. The molecular formula is C20H23F3O5. The number of hydrogen-bond donors (Lipinski definition) is 1. The number of rotatable bonds is 8. The number of esters is 1. The molecule has 5 nitrogen and oxygen atoms in total. The van der Waals surface area contributed by atoms with E-state index in [-0.39, 0.29) is 13.0 Å². The summed E-state index contributed by atoms with van der Waals surface area (Å²) in [6.45, 7) is 4.27. The second-order valence-corrected chi connectivity index (χ2v) is 6.56. The Labute approximate surface area is 161 Å². The third-order valence-corrected chi connectivity index (χ3v) is 3.66. The highest BCUT2D eigenvalue weighted by atomic mass is 19.4. The molecule has 0 bridgehead atoms. The molecule has 0 saturated heterocycles. The molecule has 3 atom stereocenters. The van der Waals surface area contributed by atoms with Gasteiger partial charge in [0.25, 0.3) is 6.10 Å². The molecule has 0 aliphatic rings. The van der Waals surface area contributed by atoms with Crippen molar-refractivity contribution in [2.75, 3.05) is 0 Å². The first kappa shape index (κ1) is 23.5. The maximum absolute atomic E-state index is 13.1. The molecule has 0 amide bonds. The molecule has 1 aromatic carbocycles. The average molecular weight is 400 g/mol. The predicted molar refractivity (Wildman–Crippen MR) is 95.0 cm³/mol. The van der Waals surface area contributed by atoms with Crippen molar-refractivity contribution in [1.82, 2.24) is 0 Å². The smallest absolute Gasteiger partial charge is 0.437 e. The zero-order valence-corrected chi connectivity index (χ0v) is 15.8. The predicted octanol–water partition coefficient (Wildman–Crippen LogP) is 3.82. The van der Waals surface area contributed by atoms with Crippen molar-refractivity contribution in [2.45, 2.75) is 52.2 Å². The normalized spacial score (nSPS) is 14.5. The number of carbonyl (C=O) groups is 2. The topological polar surface area (TPSA) is 72.8 Å². The van der Waals surface area contributed by atoms with Crippen molar-refractivity contribution in [3.05, 3.63) is 35.9 Å². The molecule has 3 unspecified atom stereocenters. The summed E-state index contributed by atoms with van der Waals surface area (Å²) in [6, 6.07) is 8.85. The Hall–Kier alpha value is -2.53. The number of benzene rings is 1. The second kappa shape index (κ2) is 10.7. The maximum atomic E-state index is 13.1. The third kappa shape index (κ3) is 8.44. The van der Waals surface area contributed by atoms with Crippen LogP contribution in [0.2, 0.25) is 0 Å². The van der Waals surface area contributed by atoms with Crippen LogP contribution in [0.25, 0.3) is 0 Å². The van der Waals surface area contributed by atoms with Gasteiger partial charge in [-0.05, 0) is 17.9 Å². The number of carbonyl (C=O) groups excluding carboxylic acids is 1. The third-order valence-electron chi connectivity index (χ3n) is 3.66. The molecule has 0 aromatic heterocycles. The van der Waals surface area contributed by atoms with Crippen LogP contribution in [0.3, 0.4) is 0 Å². The summed E-state index contributed by atoms with van der Waals surface area (Å²) in [4.78, 5) is 22.6. The van der Waals surface area contributed by atoms with Crippen LogP contribution in [0.4, 0.5) is 13.2 Å². The van der Waals surface area contributed by atoms with Crippen LogP contribution in [-0.4, -0.2) is 35.4 Å². The van der Waals surface area contributed by atoms with Crippen LogP contribution < -0.4 is 0 Å². The molecule has 0 aliphatic carbocycles. The summed E-state index contributed by atoms with van der Waals surface area (Å²) in [7, 11) is 0. The van der Waals surface area contributed by atoms with E-state index in [1.165, 1.54) is 20.8 Å². The van der Waals surface area contributed by atoms with E-state index in [0.717, 1.165) is 5.56 Å². The van der Waals surface area contributed by atoms with E-state index in [9.17, 15) is 22.8 Å². The lowest BCUT2D eigenvalue weighted by Gasteiger charge is -2.18. The quantitative estimate of drug-likeness (QED) is 0.531. The molecule has 8 heteroatoms. The van der Waals surface area contributed by atoms with Crippen molar-refractivity contribution in [3.63, 3.8) is 0 Å². The fourth-order valence-corrected chi connectivity index (χ4v) is 1.96. The highest BCUT2D eigenvalue weighted by Crippen LogP contribution is 2.23. The van der Waals surface area contributed by atoms with E-state index in [2.05, 4.69) is 10.7 Å². The minimum Gasteiger partial charge on any atom is -0.481 e. The van der Waals surface area contributed by atoms with Gasteiger partial charge in [0.1, 0.15) is 6.10 Å². The summed E-state index contributed by atoms with van der Waals surface area (Å²) in [5.74, 6) is 0.413. The van der Waals surface area contributed by atoms with E-state index in [4.69, 9.17) is 9.84 Å². The van der Waals surface area contributed by atoms with Gasteiger partial charge in [-0.1, -0.05) is 57.0 Å². The van der Waals surface area contributed by atoms with Gasteiger partial charge in [-0.2, -0.15) is 13.2 Å². The SMILES string of the molecule is CC(C)C(=O)OC(C#CC(CC(C)C(=O)O)OCc1ccccc1)C(F)(F)F. The summed E-state index contributed by atoms with van der Waals surface area (Å²) in [5, 5.41) is 9.05. The van der Waals surface area contributed by atoms with Crippen LogP contribution in [-0.2, 0) is 25.7 Å². The van der Waals surface area contributed by atoms with Gasteiger partial charge in [-0.15, -0.1) is 0 Å². The zero-order valence-electron chi connectivity index (χ0n) is 15.8. The Kier molecular flexibility index (Phi) is 9.00. The lowest BCUT2D eigenvalue weighted by atomic mass is 10.0. The summed E-state index contributed by atoms with van der Waals surface area (Å²) in [6.07, 6.45) is -8.67. The molecule has 1 aromatic rings. The number of halogens is 3. The number of aliphatic carboxylic acids is 1. The molecule has 1 rings (SSSR count). The van der Waals surface area contributed by atoms with Gasteiger partial charge in [0, 0.05) is 0 Å². The minimum atomic E-state index is -4.88. The van der Waals surface area contributed by atoms with Gasteiger partial charge >= 0.3 is 18.1 Å². The molecule has 28 heavy (non-hydrogen) atoms. The van der Waals surface area contributed by atoms with Crippen LogP contribution >= 0.6 is 0 Å². The number of ether oxygens (including phenoxy) is 2. The number of hydrogen-bond acceptors (Lipinski definition) is 4. The van der Waals surface area contributed by atoms with Crippen molar-refractivity contribution >= 4 is 11.9 Å². The first-order chi connectivity index (χ1) is 13.0. The molecule has 0 spiro atoms. The van der Waals surface area contributed by atoms with Crippen molar-refractivity contribution in [3.8, 4) is 11.8 Å². The Morgan fingerprint density at radius 2 is 1.71 bits per heavy atom. The fourth-order valence-electron chi connectivity index (χ4n) is 1.96. The van der Waals surface area contributed by atoms with Gasteiger partial charge in [0.15, 0.2) is 0 Å². The number of carboxylic acid groups (broad SMARTS) is 1. The fraction of sp³-hybridized carbons (Fsp3) is 0.500. The Morgan fingerprint density at radius 3 is 2.21 bits per heavy atom.